The van der Waals surface area contributed by atoms with E-state index in [1.807, 2.05) is 13.8 Å². The molecule has 14 heavy (non-hydrogen) atoms. The molecule has 1 aliphatic rings. The molecule has 4 heteroatoms. The van der Waals surface area contributed by atoms with Gasteiger partial charge in [-0.2, -0.15) is 0 Å². The Bertz CT molecular complexity index is 238. The van der Waals surface area contributed by atoms with Gasteiger partial charge in [0.1, 0.15) is 0 Å². The number of amides is 1. The van der Waals surface area contributed by atoms with Crippen LogP contribution in [0.15, 0.2) is 0 Å². The number of hydrogen-bond donors (Lipinski definition) is 0. The zero-order chi connectivity index (χ0) is 10.7. The number of likely N-dealkylation sites (tertiary alicyclic amines) is 1. The van der Waals surface area contributed by atoms with Crippen LogP contribution in [0.25, 0.3) is 0 Å². The highest BCUT2D eigenvalue weighted by Gasteiger charge is 2.35. The monoisotopic (exact) mass is 199 g/mol. The maximum Gasteiger partial charge on any atom is 0.410 e. The van der Waals surface area contributed by atoms with Gasteiger partial charge < -0.3 is 4.74 Å². The first-order chi connectivity index (χ1) is 6.57. The fourth-order valence-corrected chi connectivity index (χ4v) is 1.78. The summed E-state index contributed by atoms with van der Waals surface area (Å²) in [5.41, 5.74) is 0. The van der Waals surface area contributed by atoms with Crippen LogP contribution in [-0.2, 0) is 9.53 Å². The van der Waals surface area contributed by atoms with Crippen molar-refractivity contribution in [3.8, 4) is 0 Å². The summed E-state index contributed by atoms with van der Waals surface area (Å²) in [7, 11) is 1.34. The summed E-state index contributed by atoms with van der Waals surface area (Å²) >= 11 is 0. The van der Waals surface area contributed by atoms with Gasteiger partial charge in [-0.25, -0.2) is 4.79 Å². The Hall–Kier alpha value is -1.06. The zero-order valence-corrected chi connectivity index (χ0v) is 8.95. The third kappa shape index (κ3) is 2.05. The zero-order valence-electron chi connectivity index (χ0n) is 8.95. The molecule has 1 rings (SSSR count). The first kappa shape index (κ1) is 11.0. The average Bonchev–Trinajstić information content (AvgIpc) is 2.63. The molecule has 1 fully saturated rings. The van der Waals surface area contributed by atoms with Gasteiger partial charge in [0.15, 0.2) is 5.78 Å². The second-order valence-corrected chi connectivity index (χ2v) is 3.88. The fourth-order valence-electron chi connectivity index (χ4n) is 1.78. The molecule has 1 saturated heterocycles. The molecule has 0 spiro atoms. The number of methoxy groups -OCH3 is 1. The number of nitrogens with zero attached hydrogens (tertiary/aromatic N) is 1. The third-order valence-electron chi connectivity index (χ3n) is 2.56. The first-order valence-electron chi connectivity index (χ1n) is 4.96. The predicted molar refractivity (Wildman–Crippen MR) is 52.0 cm³/mol. The Morgan fingerprint density at radius 2 is 2.07 bits per heavy atom. The van der Waals surface area contributed by atoms with E-state index in [0.29, 0.717) is 6.54 Å². The molecule has 1 unspecified atom stereocenters. The largest absolute Gasteiger partial charge is 0.453 e. The van der Waals surface area contributed by atoms with Gasteiger partial charge in [0.2, 0.25) is 0 Å². The number of carbonyl (C=O) groups is 2. The molecule has 0 aliphatic carbocycles. The van der Waals surface area contributed by atoms with Crippen LogP contribution in [0.2, 0.25) is 0 Å². The SMILES string of the molecule is COC(=O)N1CCCC1C(=O)C(C)C. The number of rotatable bonds is 2. The Morgan fingerprint density at radius 1 is 1.43 bits per heavy atom. The van der Waals surface area contributed by atoms with E-state index in [1.54, 1.807) is 0 Å². The molecule has 1 amide bonds. The molecule has 4 nitrogen and oxygen atoms in total. The Morgan fingerprint density at radius 3 is 2.57 bits per heavy atom. The van der Waals surface area contributed by atoms with Crippen molar-refractivity contribution >= 4 is 11.9 Å². The minimum Gasteiger partial charge on any atom is -0.453 e. The number of ether oxygens (including phenoxy) is 1. The standard InChI is InChI=1S/C10H17NO3/c1-7(2)9(12)8-5-4-6-11(8)10(13)14-3/h7-8H,4-6H2,1-3H3. The van der Waals surface area contributed by atoms with E-state index in [1.165, 1.54) is 12.0 Å². The second kappa shape index (κ2) is 4.44. The summed E-state index contributed by atoms with van der Waals surface area (Å²) in [6.07, 6.45) is 1.27. The van der Waals surface area contributed by atoms with Crippen molar-refractivity contribution in [3.05, 3.63) is 0 Å². The van der Waals surface area contributed by atoms with Gasteiger partial charge in [0, 0.05) is 12.5 Å². The van der Waals surface area contributed by atoms with Crippen LogP contribution in [0.5, 0.6) is 0 Å². The summed E-state index contributed by atoms with van der Waals surface area (Å²) in [4.78, 5) is 24.6. The highest BCUT2D eigenvalue weighted by atomic mass is 16.5. The van der Waals surface area contributed by atoms with E-state index in [0.717, 1.165) is 12.8 Å². The van der Waals surface area contributed by atoms with Crippen LogP contribution < -0.4 is 0 Å². The third-order valence-corrected chi connectivity index (χ3v) is 2.56. The molecule has 1 heterocycles. The molecule has 1 atom stereocenters. The van der Waals surface area contributed by atoms with Crippen molar-refractivity contribution < 1.29 is 14.3 Å². The highest BCUT2D eigenvalue weighted by molar-refractivity contribution is 5.89. The van der Waals surface area contributed by atoms with Crippen LogP contribution in [0, 0.1) is 5.92 Å². The van der Waals surface area contributed by atoms with Gasteiger partial charge in [-0.05, 0) is 12.8 Å². The Labute approximate surface area is 84.2 Å². The van der Waals surface area contributed by atoms with Gasteiger partial charge >= 0.3 is 6.09 Å². The lowest BCUT2D eigenvalue weighted by Gasteiger charge is -2.23. The summed E-state index contributed by atoms with van der Waals surface area (Å²) < 4.78 is 4.63. The van der Waals surface area contributed by atoms with E-state index in [4.69, 9.17) is 0 Å². The molecule has 0 aromatic rings. The van der Waals surface area contributed by atoms with E-state index in [-0.39, 0.29) is 23.8 Å². The summed E-state index contributed by atoms with van der Waals surface area (Å²) in [5.74, 6) is 0.109. The average molecular weight is 199 g/mol. The van der Waals surface area contributed by atoms with Crippen molar-refractivity contribution in [2.75, 3.05) is 13.7 Å². The molecule has 0 aromatic carbocycles. The number of Topliss-reactive ketones (excluding diaryl/α,β-unsaturated/α-hetero) is 1. The van der Waals surface area contributed by atoms with Crippen LogP contribution in [0.1, 0.15) is 26.7 Å². The molecule has 0 N–H and O–H groups in total. The Balaban J connectivity index is 2.68. The maximum absolute atomic E-state index is 11.7. The van der Waals surface area contributed by atoms with Gasteiger partial charge in [-0.3, -0.25) is 9.69 Å². The smallest absolute Gasteiger partial charge is 0.410 e. The molecular formula is C10H17NO3. The highest BCUT2D eigenvalue weighted by Crippen LogP contribution is 2.21. The number of ketones is 1. The molecule has 80 valence electrons. The minimum atomic E-state index is -0.387. The van der Waals surface area contributed by atoms with E-state index in [9.17, 15) is 9.59 Å². The predicted octanol–water partition coefficient (Wildman–Crippen LogP) is 1.44. The van der Waals surface area contributed by atoms with Crippen molar-refractivity contribution in [1.82, 2.24) is 4.90 Å². The van der Waals surface area contributed by atoms with Gasteiger partial charge in [-0.15, -0.1) is 0 Å². The van der Waals surface area contributed by atoms with Crippen molar-refractivity contribution in [3.63, 3.8) is 0 Å². The summed E-state index contributed by atoms with van der Waals surface area (Å²) in [6, 6.07) is -0.262. The lowest BCUT2D eigenvalue weighted by Crippen LogP contribution is -2.42. The number of carbonyl (C=O) groups excluding carboxylic acids is 2. The lowest BCUT2D eigenvalue weighted by molar-refractivity contribution is -0.125. The number of hydrogen-bond acceptors (Lipinski definition) is 3. The van der Waals surface area contributed by atoms with E-state index < -0.39 is 0 Å². The van der Waals surface area contributed by atoms with Gasteiger partial charge in [0.05, 0.1) is 13.2 Å². The summed E-state index contributed by atoms with van der Waals surface area (Å²) in [6.45, 7) is 4.35. The summed E-state index contributed by atoms with van der Waals surface area (Å²) in [5, 5.41) is 0. The van der Waals surface area contributed by atoms with Crippen LogP contribution in [0.3, 0.4) is 0 Å². The lowest BCUT2D eigenvalue weighted by atomic mass is 10.0. The second-order valence-electron chi connectivity index (χ2n) is 3.88. The molecule has 1 aliphatic heterocycles. The normalized spacial score (nSPS) is 21.4. The first-order valence-corrected chi connectivity index (χ1v) is 4.96. The van der Waals surface area contributed by atoms with Crippen molar-refractivity contribution in [2.45, 2.75) is 32.7 Å². The van der Waals surface area contributed by atoms with Crippen molar-refractivity contribution in [1.29, 1.82) is 0 Å². The van der Waals surface area contributed by atoms with E-state index in [2.05, 4.69) is 4.74 Å². The minimum absolute atomic E-state index is 0.0229. The maximum atomic E-state index is 11.7. The van der Waals surface area contributed by atoms with Gasteiger partial charge in [0.25, 0.3) is 0 Å². The topological polar surface area (TPSA) is 46.6 Å². The molecule has 0 radical (unpaired) electrons. The Kier molecular flexibility index (Phi) is 3.49. The molecule has 0 bridgehead atoms. The molecule has 0 saturated carbocycles. The quantitative estimate of drug-likeness (QED) is 0.676. The van der Waals surface area contributed by atoms with E-state index >= 15 is 0 Å². The van der Waals surface area contributed by atoms with Crippen molar-refractivity contribution in [2.24, 2.45) is 5.92 Å². The molecule has 0 aromatic heterocycles. The molecular weight excluding hydrogens is 182 g/mol. The van der Waals surface area contributed by atoms with Gasteiger partial charge in [-0.1, -0.05) is 13.8 Å². The van der Waals surface area contributed by atoms with Crippen LogP contribution in [0.4, 0.5) is 4.79 Å². The van der Waals surface area contributed by atoms with Crippen LogP contribution in [-0.4, -0.2) is 36.5 Å². The fraction of sp³-hybridized carbons (Fsp3) is 0.800. The van der Waals surface area contributed by atoms with Crippen LogP contribution >= 0.6 is 0 Å².